The zero-order valence-corrected chi connectivity index (χ0v) is 12.1. The van der Waals surface area contributed by atoms with E-state index in [1.54, 1.807) is 13.8 Å². The van der Waals surface area contributed by atoms with E-state index in [1.807, 2.05) is 0 Å². The Morgan fingerprint density at radius 3 is 2.58 bits per heavy atom. The van der Waals surface area contributed by atoms with E-state index in [1.165, 1.54) is 0 Å². The van der Waals surface area contributed by atoms with Gasteiger partial charge in [-0.2, -0.15) is 0 Å². The Morgan fingerprint density at radius 1 is 1.32 bits per heavy atom. The molecule has 7 heteroatoms. The smallest absolute Gasteiger partial charge is 0.245 e. The number of ether oxygens (including phenoxy) is 1. The van der Waals surface area contributed by atoms with Crippen molar-refractivity contribution in [1.29, 1.82) is 0 Å². The van der Waals surface area contributed by atoms with E-state index in [4.69, 9.17) is 9.26 Å². The van der Waals surface area contributed by atoms with Crippen LogP contribution in [0, 0.1) is 19.8 Å². The number of nitrogens with zero attached hydrogens (tertiary/aromatic N) is 1. The maximum absolute atomic E-state index is 12.1. The molecule has 0 saturated carbocycles. The predicted molar refractivity (Wildman–Crippen MR) is 69.3 cm³/mol. The van der Waals surface area contributed by atoms with Crippen LogP contribution in [0.15, 0.2) is 9.42 Å². The van der Waals surface area contributed by atoms with Gasteiger partial charge in [0.05, 0.1) is 0 Å². The average molecular weight is 288 g/mol. The third-order valence-corrected chi connectivity index (χ3v) is 5.13. The first-order valence-electron chi connectivity index (χ1n) is 6.51. The lowest BCUT2D eigenvalue weighted by Gasteiger charge is -2.21. The van der Waals surface area contributed by atoms with Gasteiger partial charge < -0.3 is 9.26 Å². The molecule has 0 radical (unpaired) electrons. The second-order valence-corrected chi connectivity index (χ2v) is 6.60. The molecule has 19 heavy (non-hydrogen) atoms. The van der Waals surface area contributed by atoms with E-state index in [0.29, 0.717) is 23.9 Å². The Hall–Kier alpha value is -0.920. The van der Waals surface area contributed by atoms with E-state index in [9.17, 15) is 8.42 Å². The van der Waals surface area contributed by atoms with Crippen LogP contribution in [0.1, 0.15) is 30.7 Å². The lowest BCUT2D eigenvalue weighted by molar-refractivity contribution is 0.0644. The summed E-state index contributed by atoms with van der Waals surface area (Å²) in [4.78, 5) is 0.166. The molecule has 1 aliphatic rings. The summed E-state index contributed by atoms with van der Waals surface area (Å²) in [7, 11) is -3.52. The van der Waals surface area contributed by atoms with Crippen molar-refractivity contribution in [3.63, 3.8) is 0 Å². The van der Waals surface area contributed by atoms with Gasteiger partial charge in [-0.05, 0) is 39.0 Å². The normalized spacial score (nSPS) is 17.8. The van der Waals surface area contributed by atoms with Crippen LogP contribution in [0.5, 0.6) is 0 Å². The summed E-state index contributed by atoms with van der Waals surface area (Å²) < 4.78 is 37.1. The van der Waals surface area contributed by atoms with E-state index in [0.717, 1.165) is 32.5 Å². The van der Waals surface area contributed by atoms with Gasteiger partial charge in [0.15, 0.2) is 5.76 Å². The van der Waals surface area contributed by atoms with Gasteiger partial charge in [-0.25, -0.2) is 13.1 Å². The van der Waals surface area contributed by atoms with Crippen LogP contribution in [-0.4, -0.2) is 33.3 Å². The molecule has 2 rings (SSSR count). The van der Waals surface area contributed by atoms with Gasteiger partial charge in [-0.3, -0.25) is 0 Å². The number of sulfonamides is 1. The summed E-state index contributed by atoms with van der Waals surface area (Å²) in [6.07, 6.45) is 2.85. The molecule has 0 aromatic carbocycles. The number of hydrogen-bond donors (Lipinski definition) is 1. The van der Waals surface area contributed by atoms with E-state index >= 15 is 0 Å². The molecule has 0 spiro atoms. The molecule has 1 aromatic heterocycles. The predicted octanol–water partition coefficient (Wildman–Crippen LogP) is 1.39. The highest BCUT2D eigenvalue weighted by Gasteiger charge is 2.24. The molecule has 1 fully saturated rings. The minimum atomic E-state index is -3.52. The van der Waals surface area contributed by atoms with Crippen molar-refractivity contribution >= 4 is 10.0 Å². The van der Waals surface area contributed by atoms with Gasteiger partial charge in [0, 0.05) is 19.8 Å². The lowest BCUT2D eigenvalue weighted by atomic mass is 9.97. The number of aryl methyl sites for hydroxylation is 2. The molecule has 0 bridgehead atoms. The highest BCUT2D eigenvalue weighted by atomic mass is 32.2. The molecule has 0 atom stereocenters. The molecule has 0 aliphatic carbocycles. The summed E-state index contributed by atoms with van der Waals surface area (Å²) >= 11 is 0. The van der Waals surface area contributed by atoms with Crippen molar-refractivity contribution in [3.8, 4) is 0 Å². The molecular formula is C12H20N2O4S. The first-order chi connectivity index (χ1) is 9.00. The van der Waals surface area contributed by atoms with Crippen molar-refractivity contribution in [3.05, 3.63) is 11.5 Å². The Morgan fingerprint density at radius 2 is 2.00 bits per heavy atom. The van der Waals surface area contributed by atoms with Gasteiger partial charge in [0.25, 0.3) is 0 Å². The molecule has 1 aromatic rings. The van der Waals surface area contributed by atoms with Gasteiger partial charge in [0.1, 0.15) is 10.6 Å². The van der Waals surface area contributed by atoms with Crippen LogP contribution in [0.25, 0.3) is 0 Å². The summed E-state index contributed by atoms with van der Waals surface area (Å²) in [6.45, 7) is 5.23. The third-order valence-electron chi connectivity index (χ3n) is 3.42. The van der Waals surface area contributed by atoms with Crippen LogP contribution in [0.2, 0.25) is 0 Å². The molecule has 6 nitrogen and oxygen atoms in total. The summed E-state index contributed by atoms with van der Waals surface area (Å²) in [6, 6.07) is 0. The minimum absolute atomic E-state index is 0.166. The molecule has 0 unspecified atom stereocenters. The Balaban J connectivity index is 1.91. The number of hydrogen-bond acceptors (Lipinski definition) is 5. The molecular weight excluding hydrogens is 268 g/mol. The van der Waals surface area contributed by atoms with E-state index in [-0.39, 0.29) is 4.90 Å². The fourth-order valence-corrected chi connectivity index (χ4v) is 3.74. The summed E-state index contributed by atoms with van der Waals surface area (Å²) in [5.41, 5.74) is 0.399. The summed E-state index contributed by atoms with van der Waals surface area (Å²) in [5, 5.41) is 3.67. The number of rotatable bonds is 5. The van der Waals surface area contributed by atoms with Crippen molar-refractivity contribution in [2.24, 2.45) is 5.92 Å². The van der Waals surface area contributed by atoms with E-state index in [2.05, 4.69) is 9.88 Å². The maximum Gasteiger partial charge on any atom is 0.245 e. The van der Waals surface area contributed by atoms with Crippen LogP contribution in [-0.2, 0) is 14.8 Å². The van der Waals surface area contributed by atoms with E-state index < -0.39 is 10.0 Å². The Kier molecular flexibility index (Phi) is 4.59. The van der Waals surface area contributed by atoms with Crippen molar-refractivity contribution in [2.75, 3.05) is 19.8 Å². The minimum Gasteiger partial charge on any atom is -0.381 e. The number of aromatic nitrogens is 1. The molecule has 108 valence electrons. The molecule has 0 amide bonds. The fraction of sp³-hybridized carbons (Fsp3) is 0.750. The lowest BCUT2D eigenvalue weighted by Crippen LogP contribution is -2.28. The SMILES string of the molecule is Cc1noc(C)c1S(=O)(=O)NCCC1CCOCC1. The highest BCUT2D eigenvalue weighted by Crippen LogP contribution is 2.20. The molecule has 1 N–H and O–H groups in total. The highest BCUT2D eigenvalue weighted by molar-refractivity contribution is 7.89. The third kappa shape index (κ3) is 3.55. The quantitative estimate of drug-likeness (QED) is 0.885. The van der Waals surface area contributed by atoms with Gasteiger partial charge in [0.2, 0.25) is 10.0 Å². The largest absolute Gasteiger partial charge is 0.381 e. The standard InChI is InChI=1S/C12H20N2O4S/c1-9-12(10(2)18-14-9)19(15,16)13-6-3-11-4-7-17-8-5-11/h11,13H,3-8H2,1-2H3. The Bertz CT molecular complexity index is 498. The van der Waals surface area contributed by atoms with Crippen LogP contribution < -0.4 is 4.72 Å². The maximum atomic E-state index is 12.1. The van der Waals surface area contributed by atoms with Gasteiger partial charge in [-0.15, -0.1) is 0 Å². The van der Waals surface area contributed by atoms with Gasteiger partial charge >= 0.3 is 0 Å². The summed E-state index contributed by atoms with van der Waals surface area (Å²) in [5.74, 6) is 0.872. The monoisotopic (exact) mass is 288 g/mol. The average Bonchev–Trinajstić information content (AvgIpc) is 2.70. The van der Waals surface area contributed by atoms with Crippen molar-refractivity contribution in [2.45, 2.75) is 38.0 Å². The zero-order chi connectivity index (χ0) is 13.9. The number of nitrogens with one attached hydrogen (secondary N) is 1. The van der Waals surface area contributed by atoms with Crippen molar-refractivity contribution < 1.29 is 17.7 Å². The fourth-order valence-electron chi connectivity index (χ4n) is 2.36. The van der Waals surface area contributed by atoms with Crippen LogP contribution >= 0.6 is 0 Å². The van der Waals surface area contributed by atoms with Crippen LogP contribution in [0.3, 0.4) is 0 Å². The van der Waals surface area contributed by atoms with Gasteiger partial charge in [-0.1, -0.05) is 5.16 Å². The first-order valence-corrected chi connectivity index (χ1v) is 7.99. The second-order valence-electron chi connectivity index (χ2n) is 4.90. The topological polar surface area (TPSA) is 81.4 Å². The van der Waals surface area contributed by atoms with Crippen molar-refractivity contribution in [1.82, 2.24) is 9.88 Å². The first kappa shape index (κ1) is 14.5. The van der Waals surface area contributed by atoms with Crippen LogP contribution in [0.4, 0.5) is 0 Å². The molecule has 1 saturated heterocycles. The molecule has 2 heterocycles. The Labute approximate surface area is 113 Å². The molecule has 1 aliphatic heterocycles. The second kappa shape index (κ2) is 6.02. The zero-order valence-electron chi connectivity index (χ0n) is 11.3.